The van der Waals surface area contributed by atoms with Crippen LogP contribution in [0.3, 0.4) is 0 Å². The first-order valence-electron chi connectivity index (χ1n) is 6.44. The minimum Gasteiger partial charge on any atom is -0.351 e. The highest BCUT2D eigenvalue weighted by Gasteiger charge is 2.23. The third-order valence-electron chi connectivity index (χ3n) is 2.57. The maximum Gasteiger partial charge on any atom is 0.176 e. The fraction of sp³-hybridized carbons (Fsp3) is 0.571. The smallest absolute Gasteiger partial charge is 0.176 e. The number of likely N-dealkylation sites (N-methyl/N-ethyl adjacent to an activating group) is 1. The lowest BCUT2D eigenvalue weighted by Crippen LogP contribution is -2.36. The van der Waals surface area contributed by atoms with Crippen LogP contribution in [0.25, 0.3) is 0 Å². The van der Waals surface area contributed by atoms with Crippen molar-refractivity contribution in [2.45, 2.75) is 33.1 Å². The Balaban J connectivity index is 2.91. The molecular weight excluding hydrogens is 250 g/mol. The van der Waals surface area contributed by atoms with Gasteiger partial charge in [0.25, 0.3) is 0 Å². The Morgan fingerprint density at radius 3 is 2.33 bits per heavy atom. The van der Waals surface area contributed by atoms with E-state index in [0.717, 1.165) is 17.1 Å². The number of benzene rings is 1. The highest BCUT2D eigenvalue weighted by Crippen LogP contribution is 2.23. The van der Waals surface area contributed by atoms with Gasteiger partial charge in [0.05, 0.1) is 6.04 Å². The molecule has 102 valence electrons. The van der Waals surface area contributed by atoms with E-state index in [1.807, 2.05) is 38.1 Å². The standard InChI is InChI=1S/C14H22ClNO2/c1-4-16-13(14(17-5-2)18-6-3)11-8-7-9-12(15)10-11/h7-10,13-14,16H,4-6H2,1-3H3. The molecule has 0 fully saturated rings. The third-order valence-corrected chi connectivity index (χ3v) is 2.80. The Hall–Kier alpha value is -0.610. The number of rotatable bonds is 8. The molecular formula is C14H22ClNO2. The Labute approximate surface area is 114 Å². The van der Waals surface area contributed by atoms with Crippen LogP contribution < -0.4 is 5.32 Å². The van der Waals surface area contributed by atoms with Gasteiger partial charge in [0.1, 0.15) is 0 Å². The van der Waals surface area contributed by atoms with Crippen molar-refractivity contribution in [1.29, 1.82) is 0 Å². The van der Waals surface area contributed by atoms with Crippen molar-refractivity contribution in [2.75, 3.05) is 19.8 Å². The van der Waals surface area contributed by atoms with Gasteiger partial charge in [0, 0.05) is 18.2 Å². The molecule has 0 saturated heterocycles. The van der Waals surface area contributed by atoms with Crippen molar-refractivity contribution >= 4 is 11.6 Å². The second-order valence-electron chi connectivity index (χ2n) is 3.87. The number of halogens is 1. The van der Waals surface area contributed by atoms with E-state index in [4.69, 9.17) is 21.1 Å². The predicted octanol–water partition coefficient (Wildman–Crippen LogP) is 3.39. The van der Waals surface area contributed by atoms with Gasteiger partial charge in [0.15, 0.2) is 6.29 Å². The summed E-state index contributed by atoms with van der Waals surface area (Å²) in [6.45, 7) is 8.07. The molecule has 0 heterocycles. The van der Waals surface area contributed by atoms with Crippen LogP contribution in [0.15, 0.2) is 24.3 Å². The summed E-state index contributed by atoms with van der Waals surface area (Å²) < 4.78 is 11.3. The number of ether oxygens (including phenoxy) is 2. The van der Waals surface area contributed by atoms with Crippen LogP contribution in [-0.4, -0.2) is 26.0 Å². The minimum absolute atomic E-state index is 0.00593. The fourth-order valence-electron chi connectivity index (χ4n) is 1.86. The molecule has 0 radical (unpaired) electrons. The molecule has 1 atom stereocenters. The number of hydrogen-bond donors (Lipinski definition) is 1. The predicted molar refractivity (Wildman–Crippen MR) is 74.9 cm³/mol. The molecule has 1 aromatic rings. The first kappa shape index (κ1) is 15.4. The maximum absolute atomic E-state index is 6.04. The zero-order chi connectivity index (χ0) is 13.4. The van der Waals surface area contributed by atoms with E-state index >= 15 is 0 Å². The summed E-state index contributed by atoms with van der Waals surface area (Å²) in [4.78, 5) is 0. The summed E-state index contributed by atoms with van der Waals surface area (Å²) >= 11 is 6.04. The van der Waals surface area contributed by atoms with Gasteiger partial charge in [-0.3, -0.25) is 0 Å². The highest BCUT2D eigenvalue weighted by atomic mass is 35.5. The van der Waals surface area contributed by atoms with Gasteiger partial charge < -0.3 is 14.8 Å². The third kappa shape index (κ3) is 4.58. The van der Waals surface area contributed by atoms with E-state index in [0.29, 0.717) is 13.2 Å². The van der Waals surface area contributed by atoms with Crippen molar-refractivity contribution in [3.63, 3.8) is 0 Å². The van der Waals surface area contributed by atoms with Gasteiger partial charge in [-0.2, -0.15) is 0 Å². The topological polar surface area (TPSA) is 30.5 Å². The molecule has 4 heteroatoms. The molecule has 0 bridgehead atoms. The van der Waals surface area contributed by atoms with Crippen LogP contribution in [0.4, 0.5) is 0 Å². The fourth-order valence-corrected chi connectivity index (χ4v) is 2.06. The first-order valence-corrected chi connectivity index (χ1v) is 6.82. The second-order valence-corrected chi connectivity index (χ2v) is 4.31. The van der Waals surface area contributed by atoms with E-state index in [2.05, 4.69) is 12.2 Å². The molecule has 0 aliphatic carbocycles. The average Bonchev–Trinajstić information content (AvgIpc) is 2.36. The van der Waals surface area contributed by atoms with Crippen LogP contribution in [0, 0.1) is 0 Å². The van der Waals surface area contributed by atoms with Crippen molar-refractivity contribution < 1.29 is 9.47 Å². The minimum atomic E-state index is -0.293. The summed E-state index contributed by atoms with van der Waals surface area (Å²) in [5.74, 6) is 0. The Morgan fingerprint density at radius 2 is 1.83 bits per heavy atom. The van der Waals surface area contributed by atoms with Gasteiger partial charge in [0.2, 0.25) is 0 Å². The van der Waals surface area contributed by atoms with Gasteiger partial charge in [-0.1, -0.05) is 30.7 Å². The molecule has 1 N–H and O–H groups in total. The zero-order valence-electron chi connectivity index (χ0n) is 11.3. The molecule has 1 aromatic carbocycles. The van der Waals surface area contributed by atoms with Crippen LogP contribution in [-0.2, 0) is 9.47 Å². The van der Waals surface area contributed by atoms with E-state index < -0.39 is 0 Å². The summed E-state index contributed by atoms with van der Waals surface area (Å²) in [6.07, 6.45) is -0.293. The molecule has 0 aliphatic rings. The zero-order valence-corrected chi connectivity index (χ0v) is 12.0. The monoisotopic (exact) mass is 271 g/mol. The molecule has 0 aromatic heterocycles. The molecule has 0 saturated carbocycles. The Bertz CT molecular complexity index is 340. The van der Waals surface area contributed by atoms with E-state index in [1.54, 1.807) is 0 Å². The van der Waals surface area contributed by atoms with Gasteiger partial charge in [-0.25, -0.2) is 0 Å². The average molecular weight is 272 g/mol. The van der Waals surface area contributed by atoms with E-state index in [9.17, 15) is 0 Å². The van der Waals surface area contributed by atoms with Gasteiger partial charge >= 0.3 is 0 Å². The molecule has 0 spiro atoms. The van der Waals surface area contributed by atoms with Crippen LogP contribution >= 0.6 is 11.6 Å². The van der Waals surface area contributed by atoms with Crippen molar-refractivity contribution in [3.8, 4) is 0 Å². The lowest BCUT2D eigenvalue weighted by Gasteiger charge is -2.27. The lowest BCUT2D eigenvalue weighted by molar-refractivity contribution is -0.155. The Kier molecular flexibility index (Phi) is 7.28. The summed E-state index contributed by atoms with van der Waals surface area (Å²) in [6, 6.07) is 7.78. The van der Waals surface area contributed by atoms with E-state index in [1.165, 1.54) is 0 Å². The maximum atomic E-state index is 6.04. The highest BCUT2D eigenvalue weighted by molar-refractivity contribution is 6.30. The van der Waals surface area contributed by atoms with Crippen molar-refractivity contribution in [3.05, 3.63) is 34.9 Å². The SMILES string of the molecule is CCNC(c1cccc(Cl)c1)C(OCC)OCC. The van der Waals surface area contributed by atoms with Gasteiger partial charge in [-0.05, 0) is 38.1 Å². The first-order chi connectivity index (χ1) is 8.72. The summed E-state index contributed by atoms with van der Waals surface area (Å²) in [5.41, 5.74) is 1.08. The van der Waals surface area contributed by atoms with Crippen LogP contribution in [0.5, 0.6) is 0 Å². The molecule has 0 aliphatic heterocycles. The van der Waals surface area contributed by atoms with E-state index in [-0.39, 0.29) is 12.3 Å². The lowest BCUT2D eigenvalue weighted by atomic mass is 10.1. The quantitative estimate of drug-likeness (QED) is 0.735. The number of hydrogen-bond acceptors (Lipinski definition) is 3. The molecule has 18 heavy (non-hydrogen) atoms. The second kappa shape index (κ2) is 8.48. The molecule has 1 unspecified atom stereocenters. The van der Waals surface area contributed by atoms with Crippen LogP contribution in [0.1, 0.15) is 32.4 Å². The normalized spacial score (nSPS) is 12.9. The summed E-state index contributed by atoms with van der Waals surface area (Å²) in [5, 5.41) is 4.11. The largest absolute Gasteiger partial charge is 0.351 e. The summed E-state index contributed by atoms with van der Waals surface area (Å²) in [7, 11) is 0. The van der Waals surface area contributed by atoms with Crippen LogP contribution in [0.2, 0.25) is 5.02 Å². The Morgan fingerprint density at radius 1 is 1.17 bits per heavy atom. The molecule has 0 amide bonds. The van der Waals surface area contributed by atoms with Crippen molar-refractivity contribution in [1.82, 2.24) is 5.32 Å². The number of nitrogens with one attached hydrogen (secondary N) is 1. The van der Waals surface area contributed by atoms with Crippen molar-refractivity contribution in [2.24, 2.45) is 0 Å². The molecule has 3 nitrogen and oxygen atoms in total. The van der Waals surface area contributed by atoms with Gasteiger partial charge in [-0.15, -0.1) is 0 Å². The molecule has 1 rings (SSSR count).